The van der Waals surface area contributed by atoms with Crippen molar-refractivity contribution in [3.63, 3.8) is 0 Å². The summed E-state index contributed by atoms with van der Waals surface area (Å²) in [6.45, 7) is 2.60. The second kappa shape index (κ2) is 7.09. The largest absolute Gasteiger partial charge is 0.496 e. The van der Waals surface area contributed by atoms with E-state index in [1.54, 1.807) is 19.5 Å². The molecule has 2 aromatic heterocycles. The maximum atomic E-state index is 6.10. The minimum Gasteiger partial charge on any atom is -0.496 e. The number of methoxy groups -OCH3 is 1. The zero-order chi connectivity index (χ0) is 18.1. The average Bonchev–Trinajstić information content (AvgIpc) is 3.26. The van der Waals surface area contributed by atoms with Crippen molar-refractivity contribution in [3.8, 4) is 5.75 Å². The molecule has 4 rings (SSSR count). The van der Waals surface area contributed by atoms with Gasteiger partial charge in [0.2, 0.25) is 0 Å². The van der Waals surface area contributed by atoms with E-state index in [1.807, 2.05) is 16.7 Å². The first-order chi connectivity index (χ1) is 12.7. The van der Waals surface area contributed by atoms with E-state index in [9.17, 15) is 0 Å². The molecule has 1 N–H and O–H groups in total. The van der Waals surface area contributed by atoms with E-state index in [1.165, 1.54) is 6.33 Å². The van der Waals surface area contributed by atoms with Gasteiger partial charge in [-0.1, -0.05) is 11.6 Å². The first-order valence-corrected chi connectivity index (χ1v) is 8.93. The average molecular weight is 374 g/mol. The summed E-state index contributed by atoms with van der Waals surface area (Å²) < 4.78 is 13.3. The first kappa shape index (κ1) is 17.1. The molecule has 3 aromatic rings. The van der Waals surface area contributed by atoms with Crippen molar-refractivity contribution < 1.29 is 9.47 Å². The van der Waals surface area contributed by atoms with Crippen LogP contribution in [0.25, 0.3) is 11.2 Å². The third kappa shape index (κ3) is 3.20. The van der Waals surface area contributed by atoms with E-state index in [0.29, 0.717) is 17.4 Å². The Hall–Kier alpha value is -2.38. The number of aromatic nitrogens is 4. The number of rotatable bonds is 5. The number of nitrogens with one attached hydrogen (secondary N) is 1. The molecule has 1 aliphatic rings. The van der Waals surface area contributed by atoms with Crippen LogP contribution in [0.2, 0.25) is 5.02 Å². The smallest absolute Gasteiger partial charge is 0.167 e. The molecule has 136 valence electrons. The maximum absolute atomic E-state index is 6.10. The fraction of sp³-hybridized carbons (Fsp3) is 0.389. The molecule has 0 amide bonds. The van der Waals surface area contributed by atoms with Gasteiger partial charge in [-0.05, 0) is 38.0 Å². The van der Waals surface area contributed by atoms with Crippen LogP contribution in [-0.4, -0.2) is 32.7 Å². The highest BCUT2D eigenvalue weighted by molar-refractivity contribution is 6.30. The van der Waals surface area contributed by atoms with Gasteiger partial charge in [0, 0.05) is 17.1 Å². The van der Waals surface area contributed by atoms with Gasteiger partial charge in [0.05, 0.1) is 19.5 Å². The number of hydrogen-bond donors (Lipinski definition) is 1. The van der Waals surface area contributed by atoms with E-state index < -0.39 is 0 Å². The SMILES string of the molecule is COc1ccc(Cl)cc1CNc1ncnc2c1ncn2C1CCC(C)O1. The number of ether oxygens (including phenoxy) is 2. The van der Waals surface area contributed by atoms with Gasteiger partial charge in [0.1, 0.15) is 18.3 Å². The topological polar surface area (TPSA) is 74.1 Å². The summed E-state index contributed by atoms with van der Waals surface area (Å²) in [5, 5.41) is 3.97. The molecule has 8 heteroatoms. The molecule has 1 fully saturated rings. The molecule has 0 bridgehead atoms. The number of hydrogen-bond acceptors (Lipinski definition) is 6. The molecule has 0 aliphatic carbocycles. The van der Waals surface area contributed by atoms with Crippen LogP contribution < -0.4 is 10.1 Å². The predicted molar refractivity (Wildman–Crippen MR) is 99.5 cm³/mol. The zero-order valence-corrected chi connectivity index (χ0v) is 15.4. The fourth-order valence-corrected chi connectivity index (χ4v) is 3.44. The number of benzene rings is 1. The molecule has 0 radical (unpaired) electrons. The molecule has 1 aliphatic heterocycles. The molecular weight excluding hydrogens is 354 g/mol. The van der Waals surface area contributed by atoms with Crippen molar-refractivity contribution in [2.24, 2.45) is 0 Å². The highest BCUT2D eigenvalue weighted by atomic mass is 35.5. The fourth-order valence-electron chi connectivity index (χ4n) is 3.24. The van der Waals surface area contributed by atoms with Crippen LogP contribution >= 0.6 is 11.6 Å². The van der Waals surface area contributed by atoms with Crippen LogP contribution in [0.4, 0.5) is 5.82 Å². The lowest BCUT2D eigenvalue weighted by Gasteiger charge is -2.13. The third-order valence-electron chi connectivity index (χ3n) is 4.57. The Bertz CT molecular complexity index is 929. The van der Waals surface area contributed by atoms with Gasteiger partial charge >= 0.3 is 0 Å². The van der Waals surface area contributed by atoms with Crippen LogP contribution in [0.3, 0.4) is 0 Å². The summed E-state index contributed by atoms with van der Waals surface area (Å²) >= 11 is 6.10. The van der Waals surface area contributed by atoms with Crippen LogP contribution in [0.5, 0.6) is 5.75 Å². The van der Waals surface area contributed by atoms with Crippen LogP contribution in [0.1, 0.15) is 31.6 Å². The molecule has 1 aromatic carbocycles. The summed E-state index contributed by atoms with van der Waals surface area (Å²) in [5.74, 6) is 1.44. The number of imidazole rings is 1. The molecule has 2 unspecified atom stereocenters. The Morgan fingerprint density at radius 3 is 2.96 bits per heavy atom. The molecule has 0 saturated carbocycles. The molecule has 1 saturated heterocycles. The van der Waals surface area contributed by atoms with Gasteiger partial charge in [0.25, 0.3) is 0 Å². The van der Waals surface area contributed by atoms with Gasteiger partial charge in [-0.3, -0.25) is 4.57 Å². The first-order valence-electron chi connectivity index (χ1n) is 8.55. The minimum absolute atomic E-state index is 0.0224. The number of anilines is 1. The van der Waals surface area contributed by atoms with Crippen LogP contribution in [0.15, 0.2) is 30.9 Å². The molecule has 0 spiro atoms. The maximum Gasteiger partial charge on any atom is 0.167 e. The highest BCUT2D eigenvalue weighted by Crippen LogP contribution is 2.31. The molecule has 7 nitrogen and oxygen atoms in total. The Morgan fingerprint density at radius 1 is 1.31 bits per heavy atom. The molecule has 2 atom stereocenters. The molecule has 26 heavy (non-hydrogen) atoms. The number of fused-ring (bicyclic) bond motifs is 1. The summed E-state index contributed by atoms with van der Waals surface area (Å²) in [5.41, 5.74) is 2.43. The van der Waals surface area contributed by atoms with Crippen molar-refractivity contribution in [2.75, 3.05) is 12.4 Å². The summed E-state index contributed by atoms with van der Waals surface area (Å²) in [6.07, 6.45) is 5.54. The van der Waals surface area contributed by atoms with Crippen molar-refractivity contribution in [2.45, 2.75) is 38.6 Å². The third-order valence-corrected chi connectivity index (χ3v) is 4.80. The summed E-state index contributed by atoms with van der Waals surface area (Å²) in [4.78, 5) is 13.2. The van der Waals surface area contributed by atoms with Crippen molar-refractivity contribution in [3.05, 3.63) is 41.4 Å². The van der Waals surface area contributed by atoms with E-state index >= 15 is 0 Å². The van der Waals surface area contributed by atoms with Crippen LogP contribution in [0, 0.1) is 0 Å². The number of halogens is 1. The lowest BCUT2D eigenvalue weighted by atomic mass is 10.2. The Kier molecular flexibility index (Phi) is 4.65. The van der Waals surface area contributed by atoms with Crippen molar-refractivity contribution in [1.29, 1.82) is 0 Å². The Morgan fingerprint density at radius 2 is 2.19 bits per heavy atom. The summed E-state index contributed by atoms with van der Waals surface area (Å²) in [7, 11) is 1.64. The quantitative estimate of drug-likeness (QED) is 0.733. The van der Waals surface area contributed by atoms with Gasteiger partial charge < -0.3 is 14.8 Å². The molecule has 3 heterocycles. The van der Waals surface area contributed by atoms with E-state index in [4.69, 9.17) is 21.1 Å². The van der Waals surface area contributed by atoms with Gasteiger partial charge in [-0.15, -0.1) is 0 Å². The summed E-state index contributed by atoms with van der Waals surface area (Å²) in [6, 6.07) is 5.53. The minimum atomic E-state index is -0.0224. The Labute approximate surface area is 156 Å². The lowest BCUT2D eigenvalue weighted by Crippen LogP contribution is -2.09. The predicted octanol–water partition coefficient (Wildman–Crippen LogP) is 3.80. The normalized spacial score (nSPS) is 19.8. The van der Waals surface area contributed by atoms with Crippen molar-refractivity contribution in [1.82, 2.24) is 19.5 Å². The van der Waals surface area contributed by atoms with Gasteiger partial charge in [-0.2, -0.15) is 0 Å². The number of nitrogens with zero attached hydrogens (tertiary/aromatic N) is 4. The van der Waals surface area contributed by atoms with E-state index in [0.717, 1.165) is 35.3 Å². The van der Waals surface area contributed by atoms with E-state index in [2.05, 4.69) is 27.2 Å². The second-order valence-electron chi connectivity index (χ2n) is 6.33. The highest BCUT2D eigenvalue weighted by Gasteiger charge is 2.25. The monoisotopic (exact) mass is 373 g/mol. The van der Waals surface area contributed by atoms with Crippen molar-refractivity contribution >= 4 is 28.6 Å². The lowest BCUT2D eigenvalue weighted by molar-refractivity contribution is 0.0131. The zero-order valence-electron chi connectivity index (χ0n) is 14.6. The van der Waals surface area contributed by atoms with Gasteiger partial charge in [0.15, 0.2) is 17.0 Å². The Balaban J connectivity index is 1.60. The second-order valence-corrected chi connectivity index (χ2v) is 6.77. The standard InChI is InChI=1S/C18H20ClN5O2/c1-11-3-6-15(26-11)24-10-23-16-17(21-9-22-18(16)24)20-8-12-7-13(19)4-5-14(12)25-2/h4-5,7,9-11,15H,3,6,8H2,1-2H3,(H,20,21,22). The van der Waals surface area contributed by atoms with Crippen LogP contribution in [-0.2, 0) is 11.3 Å². The van der Waals surface area contributed by atoms with E-state index in [-0.39, 0.29) is 12.3 Å². The van der Waals surface area contributed by atoms with Gasteiger partial charge in [-0.25, -0.2) is 15.0 Å². The molecular formula is C18H20ClN5O2.